The molecule has 0 bridgehead atoms. The van der Waals surface area contributed by atoms with E-state index < -0.39 is 17.6 Å². The molecular formula is C17H18FN3O4. The number of anilines is 2. The Labute approximate surface area is 143 Å². The van der Waals surface area contributed by atoms with Gasteiger partial charge in [-0.1, -0.05) is 11.2 Å². The molecule has 1 aromatic carbocycles. The number of benzene rings is 1. The Balaban J connectivity index is 1.84. The van der Waals surface area contributed by atoms with E-state index in [1.54, 1.807) is 6.07 Å². The topological polar surface area (TPSA) is 84.7 Å². The van der Waals surface area contributed by atoms with Gasteiger partial charge in [-0.2, -0.15) is 0 Å². The van der Waals surface area contributed by atoms with Gasteiger partial charge < -0.3 is 14.6 Å². The molecule has 0 aliphatic carbocycles. The SMILES string of the molecule is CC(C)(C)OCc1cc(C(=O)N2CC(=O)Nc3c(F)cccc32)no1. The Hall–Kier alpha value is -2.74. The smallest absolute Gasteiger partial charge is 0.281 e. The second kappa shape index (κ2) is 6.29. The Morgan fingerprint density at radius 1 is 1.44 bits per heavy atom. The van der Waals surface area contributed by atoms with Crippen molar-refractivity contribution >= 4 is 23.2 Å². The number of halogens is 1. The van der Waals surface area contributed by atoms with Gasteiger partial charge in [-0.15, -0.1) is 0 Å². The minimum absolute atomic E-state index is 0.0214. The fourth-order valence-corrected chi connectivity index (χ4v) is 2.36. The first-order valence-corrected chi connectivity index (χ1v) is 7.74. The van der Waals surface area contributed by atoms with Crippen LogP contribution in [0.15, 0.2) is 28.8 Å². The number of ether oxygens (including phenoxy) is 1. The van der Waals surface area contributed by atoms with Gasteiger partial charge in [-0.3, -0.25) is 14.5 Å². The third-order valence-corrected chi connectivity index (χ3v) is 3.52. The van der Waals surface area contributed by atoms with Crippen LogP contribution in [-0.4, -0.2) is 29.1 Å². The Morgan fingerprint density at radius 3 is 2.92 bits per heavy atom. The van der Waals surface area contributed by atoms with E-state index in [2.05, 4.69) is 10.5 Å². The van der Waals surface area contributed by atoms with Gasteiger partial charge in [0.2, 0.25) is 5.91 Å². The molecule has 2 aromatic rings. The molecule has 0 saturated carbocycles. The predicted octanol–water partition coefficient (Wildman–Crippen LogP) is 2.73. The van der Waals surface area contributed by atoms with Crippen LogP contribution in [0.5, 0.6) is 0 Å². The van der Waals surface area contributed by atoms with Crippen molar-refractivity contribution in [1.82, 2.24) is 5.16 Å². The summed E-state index contributed by atoms with van der Waals surface area (Å²) < 4.78 is 24.6. The first-order chi connectivity index (χ1) is 11.7. The molecule has 0 atom stereocenters. The molecule has 0 spiro atoms. The summed E-state index contributed by atoms with van der Waals surface area (Å²) in [6, 6.07) is 5.70. The maximum atomic E-state index is 13.9. The van der Waals surface area contributed by atoms with Crippen LogP contribution in [0.25, 0.3) is 0 Å². The zero-order chi connectivity index (χ0) is 18.2. The molecule has 8 heteroatoms. The van der Waals surface area contributed by atoms with Crippen LogP contribution < -0.4 is 10.2 Å². The number of fused-ring (bicyclic) bond motifs is 1. The second-order valence-corrected chi connectivity index (χ2v) is 6.65. The average molecular weight is 347 g/mol. The summed E-state index contributed by atoms with van der Waals surface area (Å²) in [5.74, 6) is -1.25. The van der Waals surface area contributed by atoms with E-state index in [4.69, 9.17) is 9.26 Å². The van der Waals surface area contributed by atoms with Gasteiger partial charge in [0.15, 0.2) is 11.5 Å². The van der Waals surface area contributed by atoms with Crippen molar-refractivity contribution in [2.75, 3.05) is 16.8 Å². The molecule has 0 saturated heterocycles. The molecule has 132 valence electrons. The highest BCUT2D eigenvalue weighted by molar-refractivity contribution is 6.14. The van der Waals surface area contributed by atoms with Crippen molar-refractivity contribution in [3.8, 4) is 0 Å². The number of para-hydroxylation sites is 1. The van der Waals surface area contributed by atoms with Crippen LogP contribution in [0, 0.1) is 5.82 Å². The lowest BCUT2D eigenvalue weighted by Gasteiger charge is -2.28. The summed E-state index contributed by atoms with van der Waals surface area (Å²) in [7, 11) is 0. The molecule has 25 heavy (non-hydrogen) atoms. The first kappa shape index (κ1) is 17.1. The van der Waals surface area contributed by atoms with E-state index in [9.17, 15) is 14.0 Å². The second-order valence-electron chi connectivity index (χ2n) is 6.65. The Kier molecular flexibility index (Phi) is 4.30. The van der Waals surface area contributed by atoms with Gasteiger partial charge in [0, 0.05) is 6.07 Å². The average Bonchev–Trinajstić information content (AvgIpc) is 3.01. The zero-order valence-corrected chi connectivity index (χ0v) is 14.1. The van der Waals surface area contributed by atoms with Crippen LogP contribution >= 0.6 is 0 Å². The molecule has 2 heterocycles. The van der Waals surface area contributed by atoms with E-state index in [0.29, 0.717) is 5.76 Å². The summed E-state index contributed by atoms with van der Waals surface area (Å²) in [6.45, 7) is 5.62. The Bertz CT molecular complexity index is 826. The lowest BCUT2D eigenvalue weighted by molar-refractivity contribution is -0.115. The summed E-state index contributed by atoms with van der Waals surface area (Å²) >= 11 is 0. The summed E-state index contributed by atoms with van der Waals surface area (Å²) in [5.41, 5.74) is -0.0809. The van der Waals surface area contributed by atoms with E-state index in [1.165, 1.54) is 23.1 Å². The molecule has 1 aliphatic rings. The quantitative estimate of drug-likeness (QED) is 0.923. The van der Waals surface area contributed by atoms with E-state index in [-0.39, 0.29) is 35.8 Å². The molecule has 2 amide bonds. The molecule has 0 radical (unpaired) electrons. The number of carbonyl (C=O) groups is 2. The minimum Gasteiger partial charge on any atom is -0.368 e. The third-order valence-electron chi connectivity index (χ3n) is 3.52. The van der Waals surface area contributed by atoms with Crippen LogP contribution in [0.2, 0.25) is 0 Å². The zero-order valence-electron chi connectivity index (χ0n) is 14.1. The molecule has 1 N–H and O–H groups in total. The van der Waals surface area contributed by atoms with Crippen molar-refractivity contribution in [2.24, 2.45) is 0 Å². The number of aromatic nitrogens is 1. The highest BCUT2D eigenvalue weighted by atomic mass is 19.1. The van der Waals surface area contributed by atoms with Gasteiger partial charge in [0.05, 0.1) is 11.3 Å². The van der Waals surface area contributed by atoms with E-state index >= 15 is 0 Å². The van der Waals surface area contributed by atoms with Crippen molar-refractivity contribution < 1.29 is 23.2 Å². The third kappa shape index (κ3) is 3.69. The molecule has 0 unspecified atom stereocenters. The molecule has 0 fully saturated rings. The van der Waals surface area contributed by atoms with Gasteiger partial charge in [0.25, 0.3) is 5.91 Å². The number of hydrogen-bond donors (Lipinski definition) is 1. The molecular weight excluding hydrogens is 329 g/mol. The van der Waals surface area contributed by atoms with Crippen LogP contribution in [0.1, 0.15) is 37.0 Å². The Morgan fingerprint density at radius 2 is 2.20 bits per heavy atom. The van der Waals surface area contributed by atoms with Crippen molar-refractivity contribution in [3.05, 3.63) is 41.5 Å². The van der Waals surface area contributed by atoms with Gasteiger partial charge in [-0.25, -0.2) is 4.39 Å². The van der Waals surface area contributed by atoms with Crippen molar-refractivity contribution in [1.29, 1.82) is 0 Å². The summed E-state index contributed by atoms with van der Waals surface area (Å²) in [5, 5.41) is 6.18. The fourth-order valence-electron chi connectivity index (χ4n) is 2.36. The number of hydrogen-bond acceptors (Lipinski definition) is 5. The van der Waals surface area contributed by atoms with Crippen LogP contribution in [-0.2, 0) is 16.1 Å². The minimum atomic E-state index is -0.609. The summed E-state index contributed by atoms with van der Waals surface area (Å²) in [4.78, 5) is 25.7. The molecule has 3 rings (SSSR count). The number of amides is 2. The number of carbonyl (C=O) groups excluding carboxylic acids is 2. The molecule has 1 aliphatic heterocycles. The largest absolute Gasteiger partial charge is 0.368 e. The van der Waals surface area contributed by atoms with Crippen LogP contribution in [0.3, 0.4) is 0 Å². The summed E-state index contributed by atoms with van der Waals surface area (Å²) in [6.07, 6.45) is 0. The normalized spacial score (nSPS) is 14.2. The maximum Gasteiger partial charge on any atom is 0.281 e. The molecule has 1 aromatic heterocycles. The standard InChI is InChI=1S/C17H18FN3O4/c1-17(2,3)24-9-10-7-12(20-25-10)16(23)21-8-14(22)19-15-11(18)5-4-6-13(15)21/h4-7H,8-9H2,1-3H3,(H,19,22). The fraction of sp³-hybridized carbons (Fsp3) is 0.353. The first-order valence-electron chi connectivity index (χ1n) is 7.74. The number of rotatable bonds is 3. The lowest BCUT2D eigenvalue weighted by Crippen LogP contribution is -2.42. The van der Waals surface area contributed by atoms with E-state index in [0.717, 1.165) is 0 Å². The number of nitrogens with zero attached hydrogens (tertiary/aromatic N) is 2. The van der Waals surface area contributed by atoms with Gasteiger partial charge in [0.1, 0.15) is 24.7 Å². The van der Waals surface area contributed by atoms with E-state index in [1.807, 2.05) is 20.8 Å². The monoisotopic (exact) mass is 347 g/mol. The van der Waals surface area contributed by atoms with Crippen LogP contribution in [0.4, 0.5) is 15.8 Å². The highest BCUT2D eigenvalue weighted by Gasteiger charge is 2.31. The predicted molar refractivity (Wildman–Crippen MR) is 87.8 cm³/mol. The number of nitrogens with one attached hydrogen (secondary N) is 1. The van der Waals surface area contributed by atoms with Crippen molar-refractivity contribution in [2.45, 2.75) is 33.0 Å². The van der Waals surface area contributed by atoms with Crippen molar-refractivity contribution in [3.63, 3.8) is 0 Å². The van der Waals surface area contributed by atoms with Gasteiger partial charge in [-0.05, 0) is 32.9 Å². The molecule has 7 nitrogen and oxygen atoms in total. The lowest BCUT2D eigenvalue weighted by atomic mass is 10.1. The maximum absolute atomic E-state index is 13.9. The van der Waals surface area contributed by atoms with Gasteiger partial charge >= 0.3 is 0 Å². The highest BCUT2D eigenvalue weighted by Crippen LogP contribution is 2.32.